The van der Waals surface area contributed by atoms with Crippen molar-refractivity contribution >= 4 is 26.0 Å². The van der Waals surface area contributed by atoms with Gasteiger partial charge >= 0.3 is 0 Å². The van der Waals surface area contributed by atoms with Crippen LogP contribution in [-0.2, 0) is 31.3 Å². The van der Waals surface area contributed by atoms with Crippen LogP contribution < -0.4 is 10.1 Å². The Kier molecular flexibility index (Phi) is 12.4. The summed E-state index contributed by atoms with van der Waals surface area (Å²) in [6, 6.07) is 14.4. The molecule has 0 saturated carbocycles. The molecule has 0 bridgehead atoms. The zero-order chi connectivity index (χ0) is 30.9. The largest absolute Gasteiger partial charge is 0.497 e. The van der Waals surface area contributed by atoms with Gasteiger partial charge in [0.1, 0.15) is 5.75 Å². The number of carbonyl (C=O) groups excluding carboxylic acids is 1. The van der Waals surface area contributed by atoms with Gasteiger partial charge in [-0.1, -0.05) is 57.5 Å². The Morgan fingerprint density at radius 1 is 0.976 bits per heavy atom. The average Bonchev–Trinajstić information content (AvgIpc) is 2.98. The first-order chi connectivity index (χ1) is 19.8. The molecule has 1 heterocycles. The summed E-state index contributed by atoms with van der Waals surface area (Å²) >= 11 is 0. The summed E-state index contributed by atoms with van der Waals surface area (Å²) in [4.78, 5) is 13.0. The molecule has 1 amide bonds. The van der Waals surface area contributed by atoms with E-state index in [1.165, 1.54) is 27.9 Å². The summed E-state index contributed by atoms with van der Waals surface area (Å²) in [5.41, 5.74) is 0.826. The first-order valence-electron chi connectivity index (χ1n) is 14.5. The number of rotatable bonds is 15. The maximum Gasteiger partial charge on any atom is 0.243 e. The van der Waals surface area contributed by atoms with E-state index in [0.29, 0.717) is 18.8 Å². The molecule has 12 heteroatoms. The number of amides is 1. The van der Waals surface area contributed by atoms with Crippen LogP contribution in [0.5, 0.6) is 5.75 Å². The molecule has 2 aromatic rings. The molecule has 1 fully saturated rings. The first kappa shape index (κ1) is 34.0. The Labute approximate surface area is 251 Å². The molecule has 0 aromatic heterocycles. The molecule has 2 N–H and O–H groups in total. The minimum absolute atomic E-state index is 0.0573. The van der Waals surface area contributed by atoms with Gasteiger partial charge < -0.3 is 15.2 Å². The van der Waals surface area contributed by atoms with E-state index in [2.05, 4.69) is 5.32 Å². The van der Waals surface area contributed by atoms with Crippen LogP contribution in [0.1, 0.15) is 45.6 Å². The molecule has 0 radical (unpaired) electrons. The number of aliphatic hydroxyl groups excluding tert-OH is 1. The fourth-order valence-electron chi connectivity index (χ4n) is 5.10. The van der Waals surface area contributed by atoms with Crippen LogP contribution in [0, 0.1) is 11.8 Å². The van der Waals surface area contributed by atoms with Crippen molar-refractivity contribution < 1.29 is 31.5 Å². The van der Waals surface area contributed by atoms with Gasteiger partial charge in [0, 0.05) is 26.2 Å². The number of carbonyl (C=O) groups is 1. The Balaban J connectivity index is 1.82. The predicted octanol–water partition coefficient (Wildman–Crippen LogP) is 2.88. The summed E-state index contributed by atoms with van der Waals surface area (Å²) < 4.78 is 61.6. The van der Waals surface area contributed by atoms with Gasteiger partial charge in [0.05, 0.1) is 35.8 Å². The molecule has 42 heavy (non-hydrogen) atoms. The molecule has 0 aliphatic carbocycles. The van der Waals surface area contributed by atoms with E-state index in [4.69, 9.17) is 4.74 Å². The molecular weight excluding hydrogens is 578 g/mol. The second kappa shape index (κ2) is 15.3. The number of sulfonamides is 2. The fourth-order valence-corrected chi connectivity index (χ4v) is 8.72. The molecule has 0 spiro atoms. The van der Waals surface area contributed by atoms with E-state index < -0.39 is 44.0 Å². The third-order valence-corrected chi connectivity index (χ3v) is 11.4. The molecule has 234 valence electrons. The van der Waals surface area contributed by atoms with Gasteiger partial charge in [0.25, 0.3) is 0 Å². The van der Waals surface area contributed by atoms with Crippen molar-refractivity contribution in [3.8, 4) is 5.75 Å². The highest BCUT2D eigenvalue weighted by atomic mass is 32.2. The maximum absolute atomic E-state index is 14.0. The van der Waals surface area contributed by atoms with E-state index >= 15 is 0 Å². The fraction of sp³-hybridized carbons (Fsp3) is 0.567. The number of nitrogens with one attached hydrogen (secondary N) is 1. The Bertz CT molecular complexity index is 1350. The molecule has 2 aromatic carbocycles. The van der Waals surface area contributed by atoms with Crippen molar-refractivity contribution in [1.82, 2.24) is 13.9 Å². The van der Waals surface area contributed by atoms with E-state index in [0.717, 1.165) is 24.8 Å². The zero-order valence-electron chi connectivity index (χ0n) is 25.0. The van der Waals surface area contributed by atoms with Crippen molar-refractivity contribution in [3.05, 3.63) is 60.2 Å². The van der Waals surface area contributed by atoms with Crippen LogP contribution in [-0.4, -0.2) is 87.6 Å². The average molecular weight is 624 g/mol. The number of hydrogen-bond acceptors (Lipinski definition) is 7. The van der Waals surface area contributed by atoms with Crippen LogP contribution in [0.2, 0.25) is 0 Å². The Hall–Kier alpha value is -2.51. The summed E-state index contributed by atoms with van der Waals surface area (Å²) in [6.45, 7) is 6.17. The van der Waals surface area contributed by atoms with Crippen molar-refractivity contribution in [2.75, 3.05) is 39.0 Å². The standard InChI is InChI=1S/C30H45N3O7S2/c1-23(2)21-33(42(38,39)27-15-13-26(40-4)14-16-27)28(19-25-11-7-5-8-12-25)29(34)20-31-30(35)24(3)22-41(36,37)32-17-9-6-10-18-32/h5,7-8,11-16,23-24,28-29,34H,6,9-10,17-22H2,1-4H3,(H,31,35)/t24-,28?,29+/m0/s1. The molecule has 1 saturated heterocycles. The van der Waals surface area contributed by atoms with Gasteiger partial charge in [-0.05, 0) is 55.0 Å². The van der Waals surface area contributed by atoms with Crippen molar-refractivity contribution in [3.63, 3.8) is 0 Å². The van der Waals surface area contributed by atoms with Crippen molar-refractivity contribution in [2.24, 2.45) is 11.8 Å². The molecule has 3 atom stereocenters. The molecule has 1 aliphatic heterocycles. The van der Waals surface area contributed by atoms with Crippen LogP contribution in [0.15, 0.2) is 59.5 Å². The van der Waals surface area contributed by atoms with Crippen LogP contribution in [0.25, 0.3) is 0 Å². The van der Waals surface area contributed by atoms with Crippen LogP contribution >= 0.6 is 0 Å². The highest BCUT2D eigenvalue weighted by molar-refractivity contribution is 7.89. The number of benzene rings is 2. The number of hydrogen-bond donors (Lipinski definition) is 2. The molecule has 3 rings (SSSR count). The number of piperidine rings is 1. The maximum atomic E-state index is 14.0. The monoisotopic (exact) mass is 623 g/mol. The number of nitrogens with zero attached hydrogens (tertiary/aromatic N) is 2. The lowest BCUT2D eigenvalue weighted by Crippen LogP contribution is -2.53. The van der Waals surface area contributed by atoms with Gasteiger partial charge in [-0.15, -0.1) is 0 Å². The Morgan fingerprint density at radius 3 is 2.17 bits per heavy atom. The first-order valence-corrected chi connectivity index (χ1v) is 17.5. The highest BCUT2D eigenvalue weighted by Gasteiger charge is 2.37. The topological polar surface area (TPSA) is 133 Å². The lowest BCUT2D eigenvalue weighted by atomic mass is 10.00. The second-order valence-electron chi connectivity index (χ2n) is 11.4. The molecule has 1 unspecified atom stereocenters. The van der Waals surface area contributed by atoms with Crippen LogP contribution in [0.3, 0.4) is 0 Å². The van der Waals surface area contributed by atoms with Gasteiger partial charge in [-0.25, -0.2) is 21.1 Å². The summed E-state index contributed by atoms with van der Waals surface area (Å²) in [5, 5.41) is 14.1. The number of aliphatic hydroxyl groups is 1. The van der Waals surface area contributed by atoms with Gasteiger partial charge in [-0.3, -0.25) is 4.79 Å². The Morgan fingerprint density at radius 2 is 1.60 bits per heavy atom. The van der Waals surface area contributed by atoms with Crippen LogP contribution in [0.4, 0.5) is 0 Å². The molecule has 10 nitrogen and oxygen atoms in total. The van der Waals surface area contributed by atoms with E-state index in [1.807, 2.05) is 44.2 Å². The third kappa shape index (κ3) is 9.24. The third-order valence-electron chi connectivity index (χ3n) is 7.41. The second-order valence-corrected chi connectivity index (χ2v) is 15.3. The summed E-state index contributed by atoms with van der Waals surface area (Å²) in [7, 11) is -6.15. The lowest BCUT2D eigenvalue weighted by Gasteiger charge is -2.35. The molecular formula is C30H45N3O7S2. The number of ether oxygens (including phenoxy) is 1. The van der Waals surface area contributed by atoms with E-state index in [-0.39, 0.29) is 36.1 Å². The molecule has 1 aliphatic rings. The summed E-state index contributed by atoms with van der Waals surface area (Å²) in [6.07, 6.45) is 1.54. The minimum Gasteiger partial charge on any atom is -0.497 e. The smallest absolute Gasteiger partial charge is 0.243 e. The lowest BCUT2D eigenvalue weighted by molar-refractivity contribution is -0.124. The summed E-state index contributed by atoms with van der Waals surface area (Å²) in [5.74, 6) is -1.22. The van der Waals surface area contributed by atoms with Gasteiger partial charge in [0.15, 0.2) is 0 Å². The van der Waals surface area contributed by atoms with Crippen molar-refractivity contribution in [2.45, 2.75) is 63.5 Å². The van der Waals surface area contributed by atoms with E-state index in [9.17, 15) is 26.7 Å². The minimum atomic E-state index is -4.06. The van der Waals surface area contributed by atoms with E-state index in [1.54, 1.807) is 19.1 Å². The predicted molar refractivity (Wildman–Crippen MR) is 163 cm³/mol. The zero-order valence-corrected chi connectivity index (χ0v) is 26.6. The normalized spacial score (nSPS) is 17.1. The number of methoxy groups -OCH3 is 1. The van der Waals surface area contributed by atoms with Gasteiger partial charge in [-0.2, -0.15) is 4.31 Å². The SMILES string of the molecule is COc1ccc(S(=O)(=O)N(CC(C)C)C(Cc2ccccc2)[C@H](O)CNC(=O)[C@@H](C)CS(=O)(=O)N2CCCCC2)cc1. The van der Waals surface area contributed by atoms with Crippen molar-refractivity contribution in [1.29, 1.82) is 0 Å². The highest BCUT2D eigenvalue weighted by Crippen LogP contribution is 2.26. The quantitative estimate of drug-likeness (QED) is 0.312. The van der Waals surface area contributed by atoms with Gasteiger partial charge in [0.2, 0.25) is 26.0 Å².